The smallest absolute Gasteiger partial charge is 0.254 e. The van der Waals surface area contributed by atoms with Gasteiger partial charge in [0, 0.05) is 134 Å². The molecule has 8 aliphatic rings. The number of carbonyl (C=O) groups is 4. The van der Waals surface area contributed by atoms with E-state index in [0.717, 1.165) is 107 Å². The van der Waals surface area contributed by atoms with Crippen LogP contribution in [0.25, 0.3) is 22.3 Å². The predicted octanol–water partition coefficient (Wildman–Crippen LogP) is 12.1. The molecule has 2 amide bonds. The van der Waals surface area contributed by atoms with Gasteiger partial charge in [0.15, 0.2) is 34.6 Å². The van der Waals surface area contributed by atoms with E-state index < -0.39 is 23.5 Å². The average molecular weight is 1150 g/mol. The van der Waals surface area contributed by atoms with Gasteiger partial charge in [-0.25, -0.2) is 9.97 Å². The molecule has 0 saturated heterocycles. The average Bonchev–Trinajstić information content (AvgIpc) is 3.68. The van der Waals surface area contributed by atoms with Crippen LogP contribution in [0.3, 0.4) is 0 Å². The molecule has 6 heterocycles. The molecule has 2 atom stereocenters. The van der Waals surface area contributed by atoms with Crippen LogP contribution in [0.5, 0.6) is 23.0 Å². The fraction of sp³-hybridized carbons (Fsp3) is 0.500. The second kappa shape index (κ2) is 22.8. The van der Waals surface area contributed by atoms with Crippen LogP contribution in [0.1, 0.15) is 149 Å². The first-order chi connectivity index (χ1) is 39.9. The van der Waals surface area contributed by atoms with E-state index in [4.69, 9.17) is 18.9 Å². The molecule has 16 heteroatoms. The number of amides is 2. The number of halogens is 2. The molecule has 0 bridgehead atoms. The molecule has 444 valence electrons. The number of hydrogen-bond acceptors (Lipinski definition) is 12. The fourth-order valence-electron chi connectivity index (χ4n) is 14.7. The van der Waals surface area contributed by atoms with E-state index >= 15 is 0 Å². The molecule has 84 heavy (non-hydrogen) atoms. The quantitative estimate of drug-likeness (QED) is 0.139. The summed E-state index contributed by atoms with van der Waals surface area (Å²) in [6.07, 6.45) is 17.2. The molecule has 4 aliphatic carbocycles. The van der Waals surface area contributed by atoms with Gasteiger partial charge in [-0.2, -0.15) is 8.78 Å². The molecule has 4 aliphatic heterocycles. The fourth-order valence-corrected chi connectivity index (χ4v) is 14.7. The van der Waals surface area contributed by atoms with E-state index in [1.54, 1.807) is 21.9 Å². The molecule has 2 aromatic heterocycles. The van der Waals surface area contributed by atoms with Crippen LogP contribution in [0.4, 0.5) is 8.78 Å². The molecule has 0 N–H and O–H groups in total. The van der Waals surface area contributed by atoms with Gasteiger partial charge >= 0.3 is 0 Å². The molecule has 2 aromatic carbocycles. The highest BCUT2D eigenvalue weighted by Gasteiger charge is 2.51. The van der Waals surface area contributed by atoms with E-state index in [-0.39, 0.29) is 48.3 Å². The van der Waals surface area contributed by atoms with Gasteiger partial charge in [0.25, 0.3) is 23.4 Å². The molecule has 14 nitrogen and oxygen atoms in total. The number of ether oxygens (including phenoxy) is 4. The zero-order chi connectivity index (χ0) is 59.8. The van der Waals surface area contributed by atoms with E-state index in [9.17, 15) is 28.0 Å². The number of fused-ring (bicyclic) bond motifs is 4. The minimum absolute atomic E-state index is 0.0753. The van der Waals surface area contributed by atoms with Crippen LogP contribution in [0.2, 0.25) is 0 Å². The van der Waals surface area contributed by atoms with Gasteiger partial charge in [0.2, 0.25) is 11.9 Å². The molecular formula is C68H80F2N6O8. The Kier molecular flexibility index (Phi) is 15.9. The Morgan fingerprint density at radius 2 is 0.881 bits per heavy atom. The topological polar surface area (TPSA) is 144 Å². The lowest BCUT2D eigenvalue weighted by Crippen LogP contribution is -2.46. The maximum absolute atomic E-state index is 14.2. The summed E-state index contributed by atoms with van der Waals surface area (Å²) >= 11 is 0. The van der Waals surface area contributed by atoms with Crippen molar-refractivity contribution in [2.75, 3.05) is 54.4 Å². The van der Waals surface area contributed by atoms with Gasteiger partial charge in [-0.05, 0) is 180 Å². The first-order valence-corrected chi connectivity index (χ1v) is 30.0. The third-order valence-corrected chi connectivity index (χ3v) is 19.5. The number of nitrogens with zero attached hydrogens (tertiary/aromatic N) is 6. The molecule has 0 spiro atoms. The Hall–Kier alpha value is -7.04. The highest BCUT2D eigenvalue weighted by molar-refractivity contribution is 6.06. The van der Waals surface area contributed by atoms with Crippen molar-refractivity contribution < 1.29 is 46.9 Å². The largest absolute Gasteiger partial charge is 0.448 e. The number of benzene rings is 2. The lowest BCUT2D eigenvalue weighted by atomic mass is 9.81. The highest BCUT2D eigenvalue weighted by Crippen LogP contribution is 2.57. The summed E-state index contributed by atoms with van der Waals surface area (Å²) in [5, 5.41) is 0. The predicted molar refractivity (Wildman–Crippen MR) is 318 cm³/mol. The van der Waals surface area contributed by atoms with Crippen molar-refractivity contribution in [1.29, 1.82) is 0 Å². The van der Waals surface area contributed by atoms with Crippen LogP contribution < -0.4 is 18.9 Å². The van der Waals surface area contributed by atoms with Gasteiger partial charge in [-0.3, -0.25) is 19.2 Å². The zero-order valence-electron chi connectivity index (χ0n) is 50.9. The third-order valence-electron chi connectivity index (χ3n) is 19.5. The summed E-state index contributed by atoms with van der Waals surface area (Å²) in [5.41, 5.74) is 12.6. The molecular weight excluding hydrogens is 1070 g/mol. The normalized spacial score (nSPS) is 25.7. The molecule has 2 fully saturated rings. The minimum atomic E-state index is -0.875. The lowest BCUT2D eigenvalue weighted by Gasteiger charge is -2.39. The second-order valence-electron chi connectivity index (χ2n) is 25.6. The number of allylic oxidation sites excluding steroid dienone is 6. The number of Topliss-reactive ketones (excluding diaryl/α,β-unsaturated/α-hetero) is 2. The Morgan fingerprint density at radius 1 is 0.524 bits per heavy atom. The minimum Gasteiger partial charge on any atom is -0.448 e. The highest BCUT2D eigenvalue weighted by atomic mass is 19.1. The van der Waals surface area contributed by atoms with E-state index in [2.05, 4.69) is 48.0 Å². The zero-order valence-corrected chi connectivity index (χ0v) is 50.9. The third kappa shape index (κ3) is 10.8. The summed E-state index contributed by atoms with van der Waals surface area (Å²) in [7, 11) is 8.51. The summed E-state index contributed by atoms with van der Waals surface area (Å²) in [4.78, 5) is 70.1. The van der Waals surface area contributed by atoms with Crippen molar-refractivity contribution in [3.8, 4) is 45.3 Å². The molecule has 0 radical (unpaired) electrons. The van der Waals surface area contributed by atoms with E-state index in [0.29, 0.717) is 107 Å². The summed E-state index contributed by atoms with van der Waals surface area (Å²) in [6.45, 7) is 17.1. The first-order valence-electron chi connectivity index (χ1n) is 30.0. The van der Waals surface area contributed by atoms with Gasteiger partial charge in [-0.15, -0.1) is 0 Å². The Morgan fingerprint density at radius 3 is 1.20 bits per heavy atom. The van der Waals surface area contributed by atoms with Gasteiger partial charge in [-0.1, -0.05) is 23.3 Å². The molecule has 2 saturated carbocycles. The Bertz CT molecular complexity index is 3270. The van der Waals surface area contributed by atoms with E-state index in [1.807, 2.05) is 67.5 Å². The Balaban J connectivity index is 0.000000175. The molecule has 0 unspecified atom stereocenters. The molecule has 12 rings (SSSR count). The second-order valence-corrected chi connectivity index (χ2v) is 25.6. The van der Waals surface area contributed by atoms with Crippen molar-refractivity contribution in [3.05, 3.63) is 128 Å². The van der Waals surface area contributed by atoms with Crippen molar-refractivity contribution in [2.45, 2.75) is 156 Å². The van der Waals surface area contributed by atoms with Crippen molar-refractivity contribution in [1.82, 2.24) is 29.6 Å². The number of pyridine rings is 2. The summed E-state index contributed by atoms with van der Waals surface area (Å²) in [5.74, 6) is -0.248. The SMILES string of the molecule is CC1=CC(C)=C(CN2CCc3c(c(C)c4c(c3-c3ccc(F)nc3)O[C@@](C)(C3CCC(N(C)C)CC3)O4)C2=O)C(=O)C1.CC1=CC(C)=C(CN2CCc3c(c(C)c4c(c3-c3ccc(F)nc3)O[C@](C)(C3CCC(N(C)C)CC3)O4)C2=O)C(=O)C1. The Labute approximate surface area is 493 Å². The van der Waals surface area contributed by atoms with Crippen molar-refractivity contribution in [3.63, 3.8) is 0 Å². The van der Waals surface area contributed by atoms with Crippen LogP contribution in [0.15, 0.2) is 82.2 Å². The standard InChI is InChI=1S/2C34H40FN3O4/c2*1-19-15-20(2)26(27(39)16-19)18-38-14-13-25-29(33(38)40)21(3)31-32(30(25)22-7-12-28(35)36-17-22)42-34(4,41-31)23-8-10-24(11-9-23)37(5)6/h2*7,12,15,17,23-24H,8-11,13-14,16,18H2,1-6H3/t2*23?,24?,34-/m10/s1. The number of rotatable bonds is 10. The van der Waals surface area contributed by atoms with Crippen LogP contribution in [-0.4, -0.2) is 131 Å². The van der Waals surface area contributed by atoms with Crippen LogP contribution in [-0.2, 0) is 22.4 Å². The maximum Gasteiger partial charge on any atom is 0.254 e. The number of hydrogen-bond donors (Lipinski definition) is 0. The monoisotopic (exact) mass is 1150 g/mol. The summed E-state index contributed by atoms with van der Waals surface area (Å²) in [6, 6.07) is 7.14. The summed E-state index contributed by atoms with van der Waals surface area (Å²) < 4.78 is 54.8. The number of ketones is 2. The van der Waals surface area contributed by atoms with Gasteiger partial charge < -0.3 is 38.5 Å². The van der Waals surface area contributed by atoms with Crippen LogP contribution in [0, 0.1) is 37.6 Å². The van der Waals surface area contributed by atoms with Crippen LogP contribution >= 0.6 is 0 Å². The maximum atomic E-state index is 14.2. The molecule has 4 aromatic rings. The number of carbonyl (C=O) groups excluding carboxylic acids is 4. The van der Waals surface area contributed by atoms with E-state index in [1.165, 1.54) is 24.5 Å². The number of aromatic nitrogens is 2. The van der Waals surface area contributed by atoms with Crippen molar-refractivity contribution >= 4 is 23.4 Å². The lowest BCUT2D eigenvalue weighted by molar-refractivity contribution is -0.123. The first kappa shape index (κ1) is 58.7. The van der Waals surface area contributed by atoms with Gasteiger partial charge in [0.1, 0.15) is 0 Å². The van der Waals surface area contributed by atoms with Crippen molar-refractivity contribution in [2.24, 2.45) is 11.8 Å². The van der Waals surface area contributed by atoms with Gasteiger partial charge in [0.05, 0.1) is 11.1 Å².